The maximum Gasteiger partial charge on any atom is 0.173 e. The minimum atomic E-state index is -1.53. The molecule has 4 fully saturated rings. The van der Waals surface area contributed by atoms with Crippen LogP contribution in [0.2, 0.25) is 38.3 Å². The molecular weight excluding hydrogens is 344 g/mol. The third kappa shape index (κ3) is 5.19. The maximum absolute atomic E-state index is 6.90. The van der Waals surface area contributed by atoms with Gasteiger partial charge in [0.2, 0.25) is 0 Å². The van der Waals surface area contributed by atoms with Crippen LogP contribution in [0.15, 0.2) is 0 Å². The van der Waals surface area contributed by atoms with Crippen molar-refractivity contribution in [2.75, 3.05) is 0 Å². The summed E-state index contributed by atoms with van der Waals surface area (Å²) in [6.45, 7) is 9.85. The highest BCUT2D eigenvalue weighted by atomic mass is 28.4. The summed E-state index contributed by atoms with van der Waals surface area (Å²) in [5.41, 5.74) is 0. The fourth-order valence-corrected chi connectivity index (χ4v) is 14.5. The minimum absolute atomic E-state index is 0.626. The molecule has 0 bridgehead atoms. The molecule has 0 aromatic carbocycles. The van der Waals surface area contributed by atoms with Crippen molar-refractivity contribution in [2.24, 2.45) is 11.8 Å². The Bertz CT molecular complexity index is 440. The number of epoxide rings is 2. The molecule has 0 radical (unpaired) electrons. The molecule has 0 N–H and O–H groups in total. The van der Waals surface area contributed by atoms with Gasteiger partial charge in [0.25, 0.3) is 0 Å². The van der Waals surface area contributed by atoms with E-state index >= 15 is 0 Å². The van der Waals surface area contributed by atoms with E-state index in [-0.39, 0.29) is 0 Å². The van der Waals surface area contributed by atoms with Crippen LogP contribution in [-0.4, -0.2) is 41.1 Å². The Balaban J connectivity index is 1.18. The molecule has 3 nitrogen and oxygen atoms in total. The lowest BCUT2D eigenvalue weighted by atomic mass is 9.88. The molecule has 0 unspecified atom stereocenters. The SMILES string of the molecule is C[Si](C)(CC[C@@H]1CC[C@@H]2O[C@H]2C1)O[Si](C)(C)CC[C@@H]1CC[C@@H]2O[C@@H]2C1. The summed E-state index contributed by atoms with van der Waals surface area (Å²) >= 11 is 0. The summed E-state index contributed by atoms with van der Waals surface area (Å²) < 4.78 is 18.3. The molecule has 0 aromatic rings. The zero-order valence-corrected chi connectivity index (χ0v) is 18.8. The van der Waals surface area contributed by atoms with Gasteiger partial charge >= 0.3 is 0 Å². The molecule has 0 spiro atoms. The molecule has 2 saturated carbocycles. The zero-order valence-electron chi connectivity index (χ0n) is 16.8. The van der Waals surface area contributed by atoms with Crippen molar-refractivity contribution in [1.29, 1.82) is 0 Å². The number of hydrogen-bond acceptors (Lipinski definition) is 3. The van der Waals surface area contributed by atoms with Crippen molar-refractivity contribution >= 4 is 16.6 Å². The van der Waals surface area contributed by atoms with Gasteiger partial charge in [-0.2, -0.15) is 0 Å². The fraction of sp³-hybridized carbons (Fsp3) is 1.00. The second-order valence-corrected chi connectivity index (χ2v) is 19.3. The molecule has 6 atom stereocenters. The molecule has 25 heavy (non-hydrogen) atoms. The smallest absolute Gasteiger partial charge is 0.173 e. The minimum Gasteiger partial charge on any atom is -0.455 e. The fourth-order valence-electron chi connectivity index (χ4n) is 5.45. The summed E-state index contributed by atoms with van der Waals surface area (Å²) in [7, 11) is -3.05. The Labute approximate surface area is 156 Å². The zero-order chi connectivity index (χ0) is 17.7. The van der Waals surface area contributed by atoms with E-state index in [1.54, 1.807) is 0 Å². The molecule has 5 heteroatoms. The molecule has 4 rings (SSSR count). The van der Waals surface area contributed by atoms with Crippen molar-refractivity contribution in [1.82, 2.24) is 0 Å². The van der Waals surface area contributed by atoms with Gasteiger partial charge in [-0.15, -0.1) is 0 Å². The van der Waals surface area contributed by atoms with Gasteiger partial charge in [-0.3, -0.25) is 0 Å². The number of ether oxygens (including phenoxy) is 2. The van der Waals surface area contributed by atoms with E-state index < -0.39 is 16.6 Å². The van der Waals surface area contributed by atoms with E-state index in [1.807, 2.05) is 0 Å². The first-order valence-electron chi connectivity index (χ1n) is 10.8. The normalized spacial score (nSPS) is 40.3. The van der Waals surface area contributed by atoms with E-state index in [0.717, 1.165) is 11.8 Å². The Morgan fingerprint density at radius 2 is 1.12 bits per heavy atom. The third-order valence-electron chi connectivity index (χ3n) is 7.09. The van der Waals surface area contributed by atoms with E-state index in [9.17, 15) is 0 Å². The highest BCUT2D eigenvalue weighted by Gasteiger charge is 2.45. The van der Waals surface area contributed by atoms with Crippen LogP contribution < -0.4 is 0 Å². The van der Waals surface area contributed by atoms with Gasteiger partial charge < -0.3 is 13.6 Å². The van der Waals surface area contributed by atoms with Crippen LogP contribution in [0.25, 0.3) is 0 Å². The second kappa shape index (κ2) is 7.04. The Kier molecular flexibility index (Phi) is 5.26. The van der Waals surface area contributed by atoms with Gasteiger partial charge in [-0.1, -0.05) is 12.8 Å². The lowest BCUT2D eigenvalue weighted by Crippen LogP contribution is -2.44. The van der Waals surface area contributed by atoms with Crippen LogP contribution in [0.1, 0.15) is 51.4 Å². The van der Waals surface area contributed by atoms with Crippen LogP contribution in [0.4, 0.5) is 0 Å². The van der Waals surface area contributed by atoms with Gasteiger partial charge in [-0.05, 0) is 88.6 Å². The van der Waals surface area contributed by atoms with Gasteiger partial charge in [0.15, 0.2) is 16.6 Å². The highest BCUT2D eigenvalue weighted by Crippen LogP contribution is 2.43. The largest absolute Gasteiger partial charge is 0.455 e. The molecule has 0 amide bonds. The first kappa shape index (κ1) is 18.7. The van der Waals surface area contributed by atoms with Crippen molar-refractivity contribution < 1.29 is 13.6 Å². The topological polar surface area (TPSA) is 34.3 Å². The summed E-state index contributed by atoms with van der Waals surface area (Å²) in [5, 5.41) is 0. The predicted octanol–water partition coefficient (Wildman–Crippen LogP) is 5.33. The van der Waals surface area contributed by atoms with E-state index in [2.05, 4.69) is 26.2 Å². The monoisotopic (exact) mass is 382 g/mol. The third-order valence-corrected chi connectivity index (χ3v) is 14.5. The van der Waals surface area contributed by atoms with E-state index in [1.165, 1.54) is 63.5 Å². The molecule has 2 heterocycles. The van der Waals surface area contributed by atoms with Crippen LogP contribution in [0.3, 0.4) is 0 Å². The maximum atomic E-state index is 6.90. The van der Waals surface area contributed by atoms with Crippen LogP contribution >= 0.6 is 0 Å². The molecule has 4 aliphatic rings. The molecular formula is C20H38O3Si2. The summed E-state index contributed by atoms with van der Waals surface area (Å²) in [5.74, 6) is 1.80. The number of rotatable bonds is 8. The molecule has 2 aliphatic heterocycles. The Morgan fingerprint density at radius 1 is 0.680 bits per heavy atom. The van der Waals surface area contributed by atoms with Gasteiger partial charge in [0.1, 0.15) is 0 Å². The van der Waals surface area contributed by atoms with Gasteiger partial charge in [0, 0.05) is 0 Å². The van der Waals surface area contributed by atoms with Crippen molar-refractivity contribution in [2.45, 2.75) is 114 Å². The van der Waals surface area contributed by atoms with Crippen molar-refractivity contribution in [3.8, 4) is 0 Å². The van der Waals surface area contributed by atoms with E-state index in [0.29, 0.717) is 24.4 Å². The first-order chi connectivity index (χ1) is 11.8. The van der Waals surface area contributed by atoms with Gasteiger partial charge in [-0.25, -0.2) is 0 Å². The van der Waals surface area contributed by atoms with Crippen LogP contribution in [0.5, 0.6) is 0 Å². The summed E-state index contributed by atoms with van der Waals surface area (Å²) in [6.07, 6.45) is 13.3. The number of fused-ring (bicyclic) bond motifs is 2. The van der Waals surface area contributed by atoms with Crippen molar-refractivity contribution in [3.63, 3.8) is 0 Å². The quantitative estimate of drug-likeness (QED) is 0.420. The number of hydrogen-bond donors (Lipinski definition) is 0. The summed E-state index contributed by atoms with van der Waals surface area (Å²) in [6, 6.07) is 2.68. The van der Waals surface area contributed by atoms with Crippen molar-refractivity contribution in [3.05, 3.63) is 0 Å². The van der Waals surface area contributed by atoms with E-state index in [4.69, 9.17) is 13.6 Å². The molecule has 144 valence electrons. The highest BCUT2D eigenvalue weighted by molar-refractivity contribution is 6.84. The first-order valence-corrected chi connectivity index (χ1v) is 17.0. The molecule has 0 aromatic heterocycles. The Hall–Kier alpha value is 0.314. The summed E-state index contributed by atoms with van der Waals surface area (Å²) in [4.78, 5) is 0. The standard InChI is InChI=1S/C20H38O3Si2/c1-24(2,11-9-15-5-7-17-19(13-15)21-17)23-25(3,4)12-10-16-6-8-18-20(14-16)22-18/h15-20H,5-14H2,1-4H3/t15-,16-,17-,18-,19-,20+/m0/s1. The van der Waals surface area contributed by atoms with Crippen LogP contribution in [-0.2, 0) is 13.6 Å². The average molecular weight is 383 g/mol. The molecule has 2 saturated heterocycles. The second-order valence-electron chi connectivity index (χ2n) is 10.5. The predicted molar refractivity (Wildman–Crippen MR) is 107 cm³/mol. The lowest BCUT2D eigenvalue weighted by Gasteiger charge is -2.36. The average Bonchev–Trinajstić information content (AvgIpc) is 3.42. The van der Waals surface area contributed by atoms with Gasteiger partial charge in [0.05, 0.1) is 24.4 Å². The molecule has 2 aliphatic carbocycles. The van der Waals surface area contributed by atoms with Crippen LogP contribution in [0, 0.1) is 11.8 Å². The lowest BCUT2D eigenvalue weighted by molar-refractivity contribution is 0.352. The Morgan fingerprint density at radius 3 is 1.52 bits per heavy atom.